The summed E-state index contributed by atoms with van der Waals surface area (Å²) in [5.41, 5.74) is 3.20. The first kappa shape index (κ1) is 40.4. The van der Waals surface area contributed by atoms with Crippen molar-refractivity contribution in [2.24, 2.45) is 11.8 Å². The van der Waals surface area contributed by atoms with Gasteiger partial charge in [-0.2, -0.15) is 0 Å². The van der Waals surface area contributed by atoms with E-state index in [1.165, 1.54) is 11.1 Å². The highest BCUT2D eigenvalue weighted by atomic mass is 16.5. The van der Waals surface area contributed by atoms with Crippen LogP contribution >= 0.6 is 0 Å². The van der Waals surface area contributed by atoms with E-state index < -0.39 is 5.41 Å². The van der Waals surface area contributed by atoms with Gasteiger partial charge in [0.2, 0.25) is 0 Å². The van der Waals surface area contributed by atoms with Crippen molar-refractivity contribution in [2.75, 3.05) is 33.9 Å². The van der Waals surface area contributed by atoms with Gasteiger partial charge in [0, 0.05) is 37.1 Å². The van der Waals surface area contributed by atoms with Crippen LogP contribution in [0.3, 0.4) is 0 Å². The number of benzene rings is 1. The van der Waals surface area contributed by atoms with E-state index >= 15 is 0 Å². The lowest BCUT2D eigenvalue weighted by Crippen LogP contribution is -2.41. The molecule has 234 valence electrons. The third-order valence-corrected chi connectivity index (χ3v) is 7.04. The van der Waals surface area contributed by atoms with Gasteiger partial charge in [0.25, 0.3) is 0 Å². The number of phenols is 1. The molecule has 6 nitrogen and oxygen atoms in total. The maximum absolute atomic E-state index is 12.2. The minimum atomic E-state index is -0.396. The van der Waals surface area contributed by atoms with Crippen molar-refractivity contribution in [2.45, 2.75) is 93.1 Å². The molecular formula is C35H59NO5. The Morgan fingerprint density at radius 2 is 1.68 bits per heavy atom. The van der Waals surface area contributed by atoms with Crippen molar-refractivity contribution in [1.29, 1.82) is 0 Å². The molecule has 0 saturated carbocycles. The summed E-state index contributed by atoms with van der Waals surface area (Å²) in [6, 6.07) is 4.90. The molecule has 0 aromatic heterocycles. The summed E-state index contributed by atoms with van der Waals surface area (Å²) < 4.78 is 11.0. The van der Waals surface area contributed by atoms with Gasteiger partial charge in [-0.15, -0.1) is 0 Å². The first-order chi connectivity index (χ1) is 19.3. The first-order valence-corrected chi connectivity index (χ1v) is 15.0. The molecule has 0 aliphatic heterocycles. The number of methoxy groups -OCH3 is 1. The zero-order valence-electron chi connectivity index (χ0n) is 27.9. The highest BCUT2D eigenvalue weighted by molar-refractivity contribution is 5.90. The summed E-state index contributed by atoms with van der Waals surface area (Å²) in [5, 5.41) is 10.5. The van der Waals surface area contributed by atoms with Gasteiger partial charge in [0.05, 0.1) is 18.3 Å². The number of ether oxygens (including phenoxy) is 2. The maximum Gasteiger partial charge on any atom is 0.338 e. The molecule has 0 aliphatic carbocycles. The zero-order chi connectivity index (χ0) is 32.2. The Morgan fingerprint density at radius 3 is 2.10 bits per heavy atom. The molecule has 41 heavy (non-hydrogen) atoms. The number of carbonyl (C=O) groups is 2. The molecule has 3 atom stereocenters. The Labute approximate surface area is 251 Å². The van der Waals surface area contributed by atoms with Crippen LogP contribution in [0.25, 0.3) is 0 Å². The molecule has 0 amide bonds. The fourth-order valence-electron chi connectivity index (χ4n) is 4.46. The van der Waals surface area contributed by atoms with E-state index in [4.69, 9.17) is 9.47 Å². The number of hydrogen-bond acceptors (Lipinski definition) is 6. The Hall–Kier alpha value is -2.70. The lowest BCUT2D eigenvalue weighted by molar-refractivity contribution is -0.110. The molecule has 0 aliphatic rings. The van der Waals surface area contributed by atoms with Crippen molar-refractivity contribution < 1.29 is 24.2 Å². The van der Waals surface area contributed by atoms with E-state index in [1.54, 1.807) is 32.2 Å². The van der Waals surface area contributed by atoms with Crippen LogP contribution in [0.15, 0.2) is 54.7 Å². The molecule has 1 aromatic rings. The monoisotopic (exact) mass is 573 g/mol. The molecule has 0 fully saturated rings. The lowest BCUT2D eigenvalue weighted by Gasteiger charge is -2.34. The Bertz CT molecular complexity index is 950. The number of esters is 1. The fraction of sp³-hybridized carbons (Fsp3) is 0.600. The molecule has 3 unspecified atom stereocenters. The predicted octanol–water partition coefficient (Wildman–Crippen LogP) is 8.16. The minimum absolute atomic E-state index is 0.0307. The average molecular weight is 574 g/mol. The van der Waals surface area contributed by atoms with E-state index in [-0.39, 0.29) is 29.7 Å². The SMILES string of the molecule is C=C/C(CC)=C(\C=C)CC(C)C(CN(C)CC(C)(C)c1cc(C(=O)OCC)ccc1O)OC.CC.CCC(C)C=O. The summed E-state index contributed by atoms with van der Waals surface area (Å²) in [6.45, 7) is 27.8. The molecule has 1 rings (SSSR count). The number of aromatic hydroxyl groups is 1. The van der Waals surface area contributed by atoms with E-state index in [1.807, 2.05) is 39.8 Å². The zero-order valence-corrected chi connectivity index (χ0v) is 27.9. The number of rotatable bonds is 16. The first-order valence-electron chi connectivity index (χ1n) is 15.0. The number of carbonyl (C=O) groups excluding carboxylic acids is 2. The molecule has 0 radical (unpaired) electrons. The topological polar surface area (TPSA) is 76.1 Å². The smallest absolute Gasteiger partial charge is 0.338 e. The molecule has 1 N–H and O–H groups in total. The van der Waals surface area contributed by atoms with E-state index in [9.17, 15) is 14.7 Å². The highest BCUT2D eigenvalue weighted by Gasteiger charge is 2.29. The van der Waals surface area contributed by atoms with Gasteiger partial charge in [-0.25, -0.2) is 4.79 Å². The number of likely N-dealkylation sites (N-methyl/N-ethyl adjacent to an activating group) is 1. The van der Waals surface area contributed by atoms with Gasteiger partial charge in [0.1, 0.15) is 12.0 Å². The van der Waals surface area contributed by atoms with Crippen LogP contribution in [0.5, 0.6) is 5.75 Å². The number of aldehydes is 1. The van der Waals surface area contributed by atoms with Crippen LogP contribution in [-0.4, -0.2) is 62.2 Å². The summed E-state index contributed by atoms with van der Waals surface area (Å²) in [4.78, 5) is 24.1. The minimum Gasteiger partial charge on any atom is -0.508 e. The molecule has 0 heterocycles. The summed E-state index contributed by atoms with van der Waals surface area (Å²) >= 11 is 0. The Morgan fingerprint density at radius 1 is 1.10 bits per heavy atom. The largest absolute Gasteiger partial charge is 0.508 e. The summed E-state index contributed by atoms with van der Waals surface area (Å²) in [5.74, 6) is 0.337. The molecular weight excluding hydrogens is 514 g/mol. The molecule has 0 saturated heterocycles. The maximum atomic E-state index is 12.2. The normalized spacial score (nSPS) is 13.8. The van der Waals surface area contributed by atoms with Gasteiger partial charge in [-0.3, -0.25) is 0 Å². The standard InChI is InChI=1S/C28H43NO4.C5H10O.C2H6/c1-10-21(11-2)22(12-3)16-20(5)26(32-9)18-29(8)19-28(6,7)24-17-23(14-15-25(24)30)27(31)33-13-4;1-3-5(2)4-6;1-2/h10,12,14-15,17,20,26,30H,1,3,11,13,16,18-19H2,2,4-9H3;4-5H,3H2,1-2H3;1-2H3/b22-21-;;. The average Bonchev–Trinajstić information content (AvgIpc) is 2.96. The van der Waals surface area contributed by atoms with Crippen molar-refractivity contribution in [3.8, 4) is 5.75 Å². The quantitative estimate of drug-likeness (QED) is 0.122. The van der Waals surface area contributed by atoms with Gasteiger partial charge < -0.3 is 24.3 Å². The van der Waals surface area contributed by atoms with Crippen LogP contribution < -0.4 is 0 Å². The second-order valence-electron chi connectivity index (χ2n) is 10.8. The highest BCUT2D eigenvalue weighted by Crippen LogP contribution is 2.33. The van der Waals surface area contributed by atoms with Gasteiger partial charge in [-0.05, 0) is 68.5 Å². The number of phenolic OH excluding ortho intramolecular Hbond substituents is 1. The molecule has 1 aromatic carbocycles. The van der Waals surface area contributed by atoms with Crippen LogP contribution in [0.1, 0.15) is 97.5 Å². The fourth-order valence-corrected chi connectivity index (χ4v) is 4.46. The van der Waals surface area contributed by atoms with Crippen molar-refractivity contribution in [3.63, 3.8) is 0 Å². The third-order valence-electron chi connectivity index (χ3n) is 7.04. The van der Waals surface area contributed by atoms with Crippen molar-refractivity contribution in [1.82, 2.24) is 4.90 Å². The van der Waals surface area contributed by atoms with Crippen molar-refractivity contribution in [3.05, 3.63) is 65.8 Å². The van der Waals surface area contributed by atoms with Crippen LogP contribution in [-0.2, 0) is 19.7 Å². The van der Waals surface area contributed by atoms with Gasteiger partial charge in [-0.1, -0.05) is 80.7 Å². The van der Waals surface area contributed by atoms with E-state index in [2.05, 4.69) is 52.8 Å². The number of allylic oxidation sites excluding steroid dienone is 4. The second kappa shape index (κ2) is 22.0. The van der Waals surface area contributed by atoms with Crippen LogP contribution in [0, 0.1) is 11.8 Å². The third kappa shape index (κ3) is 14.7. The number of nitrogens with zero attached hydrogens (tertiary/aromatic N) is 1. The van der Waals surface area contributed by atoms with E-state index in [0.29, 0.717) is 18.7 Å². The van der Waals surface area contributed by atoms with E-state index in [0.717, 1.165) is 37.7 Å². The Balaban J connectivity index is 0. The predicted molar refractivity (Wildman–Crippen MR) is 174 cm³/mol. The Kier molecular flexibility index (Phi) is 21.7. The lowest BCUT2D eigenvalue weighted by atomic mass is 9.82. The van der Waals surface area contributed by atoms with Gasteiger partial charge in [0.15, 0.2) is 0 Å². The number of hydrogen-bond donors (Lipinski definition) is 1. The van der Waals surface area contributed by atoms with Crippen molar-refractivity contribution >= 4 is 12.3 Å². The molecule has 6 heteroatoms. The molecule has 0 bridgehead atoms. The molecule has 0 spiro atoms. The second-order valence-corrected chi connectivity index (χ2v) is 10.8. The summed E-state index contributed by atoms with van der Waals surface area (Å²) in [7, 11) is 3.80. The summed E-state index contributed by atoms with van der Waals surface area (Å²) in [6.07, 6.45) is 7.61. The van der Waals surface area contributed by atoms with Gasteiger partial charge >= 0.3 is 5.97 Å². The van der Waals surface area contributed by atoms with Crippen LogP contribution in [0.2, 0.25) is 0 Å². The van der Waals surface area contributed by atoms with Crippen LogP contribution in [0.4, 0.5) is 0 Å².